The molecule has 0 aromatic heterocycles. The Bertz CT molecular complexity index is 1080. The van der Waals surface area contributed by atoms with Crippen LogP contribution in [0.3, 0.4) is 0 Å². The average Bonchev–Trinajstić information content (AvgIpc) is 3.14. The topological polar surface area (TPSA) is 152 Å². The van der Waals surface area contributed by atoms with Gasteiger partial charge in [0.2, 0.25) is 0 Å². The van der Waals surface area contributed by atoms with E-state index in [1.165, 1.54) is 19.3 Å². The van der Waals surface area contributed by atoms with Crippen LogP contribution in [0.1, 0.15) is 123 Å². The van der Waals surface area contributed by atoms with Crippen molar-refractivity contribution in [3.8, 4) is 0 Å². The van der Waals surface area contributed by atoms with Crippen LogP contribution < -0.4 is 0 Å². The smallest absolute Gasteiger partial charge is 0.306 e. The van der Waals surface area contributed by atoms with Crippen molar-refractivity contribution >= 4 is 11.9 Å². The number of aliphatic hydroxyl groups is 4. The van der Waals surface area contributed by atoms with E-state index in [2.05, 4.69) is 50.3 Å². The number of carbonyl (C=O) groups excluding carboxylic acids is 2. The van der Waals surface area contributed by atoms with Gasteiger partial charge in [0.15, 0.2) is 12.4 Å². The van der Waals surface area contributed by atoms with Crippen molar-refractivity contribution in [3.05, 3.63) is 72.9 Å². The van der Waals surface area contributed by atoms with Gasteiger partial charge < -0.3 is 39.4 Å². The quantitative estimate of drug-likeness (QED) is 0.0257. The Kier molecular flexibility index (Phi) is 29.7. The summed E-state index contributed by atoms with van der Waals surface area (Å²) in [4.78, 5) is 25.2. The fourth-order valence-electron chi connectivity index (χ4n) is 5.35. The van der Waals surface area contributed by atoms with E-state index in [0.717, 1.165) is 64.2 Å². The Morgan fingerprint density at radius 2 is 1.17 bits per heavy atom. The molecule has 1 saturated heterocycles. The number of carbonyl (C=O) groups is 2. The highest BCUT2D eigenvalue weighted by atomic mass is 16.7. The van der Waals surface area contributed by atoms with E-state index < -0.39 is 55.4 Å². The molecule has 1 heterocycles. The van der Waals surface area contributed by atoms with Crippen molar-refractivity contribution < 1.29 is 49.0 Å². The van der Waals surface area contributed by atoms with Gasteiger partial charge >= 0.3 is 11.9 Å². The average molecular weight is 733 g/mol. The first-order valence-electron chi connectivity index (χ1n) is 19.6. The van der Waals surface area contributed by atoms with Crippen LogP contribution in [0.25, 0.3) is 0 Å². The molecular weight excluding hydrogens is 664 g/mol. The molecule has 296 valence electrons. The molecule has 1 aliphatic rings. The third kappa shape index (κ3) is 24.4. The summed E-state index contributed by atoms with van der Waals surface area (Å²) in [5, 5.41) is 39.9. The molecule has 10 heteroatoms. The van der Waals surface area contributed by atoms with Gasteiger partial charge in [-0.1, -0.05) is 125 Å². The first-order chi connectivity index (χ1) is 25.3. The number of ether oxygens (including phenoxy) is 4. The molecule has 1 aliphatic heterocycles. The van der Waals surface area contributed by atoms with Crippen LogP contribution in [0.2, 0.25) is 0 Å². The molecule has 52 heavy (non-hydrogen) atoms. The van der Waals surface area contributed by atoms with Gasteiger partial charge in [-0.15, -0.1) is 0 Å². The van der Waals surface area contributed by atoms with E-state index in [4.69, 9.17) is 18.9 Å². The van der Waals surface area contributed by atoms with Crippen LogP contribution in [0.5, 0.6) is 0 Å². The highest BCUT2D eigenvalue weighted by molar-refractivity contribution is 5.70. The van der Waals surface area contributed by atoms with Crippen molar-refractivity contribution in [2.75, 3.05) is 19.8 Å². The number of allylic oxidation sites excluding steroid dienone is 12. The van der Waals surface area contributed by atoms with E-state index in [1.54, 1.807) is 0 Å². The molecule has 0 spiro atoms. The normalized spacial score (nSPS) is 21.8. The van der Waals surface area contributed by atoms with Gasteiger partial charge in [-0.2, -0.15) is 0 Å². The van der Waals surface area contributed by atoms with Crippen molar-refractivity contribution in [1.29, 1.82) is 0 Å². The maximum atomic E-state index is 12.7. The summed E-state index contributed by atoms with van der Waals surface area (Å²) in [5.41, 5.74) is 0. The van der Waals surface area contributed by atoms with Crippen molar-refractivity contribution in [2.24, 2.45) is 0 Å². The Balaban J connectivity index is 2.43. The maximum absolute atomic E-state index is 12.7. The van der Waals surface area contributed by atoms with E-state index in [-0.39, 0.29) is 26.1 Å². The number of esters is 2. The SMILES string of the molecule is CC/C=C/C=C/C=C/C=C/CCCCCC(=O)OC(COC(=O)CCCCCCCCC/C=C/C/C=C/CC)CO[C@H]1O[C@@H](CO)[C@@H](O)C(O)C1O. The molecule has 0 amide bonds. The second kappa shape index (κ2) is 32.8. The summed E-state index contributed by atoms with van der Waals surface area (Å²) >= 11 is 0. The number of aliphatic hydroxyl groups excluding tert-OH is 4. The van der Waals surface area contributed by atoms with Crippen molar-refractivity contribution in [1.82, 2.24) is 0 Å². The van der Waals surface area contributed by atoms with E-state index >= 15 is 0 Å². The van der Waals surface area contributed by atoms with Crippen LogP contribution in [-0.4, -0.2) is 89.0 Å². The lowest BCUT2D eigenvalue weighted by molar-refractivity contribution is -0.305. The van der Waals surface area contributed by atoms with Crippen LogP contribution in [0.15, 0.2) is 72.9 Å². The lowest BCUT2D eigenvalue weighted by atomic mass is 9.99. The highest BCUT2D eigenvalue weighted by Gasteiger charge is 2.44. The van der Waals surface area contributed by atoms with E-state index in [1.807, 2.05) is 36.5 Å². The van der Waals surface area contributed by atoms with Crippen LogP contribution in [-0.2, 0) is 28.5 Å². The molecule has 1 rings (SSSR count). The minimum absolute atomic E-state index is 0.178. The molecule has 6 atom stereocenters. The molecule has 0 aliphatic carbocycles. The molecule has 0 saturated carbocycles. The van der Waals surface area contributed by atoms with Gasteiger partial charge in [0.05, 0.1) is 13.2 Å². The second-order valence-corrected chi connectivity index (χ2v) is 13.1. The number of hydrogen-bond acceptors (Lipinski definition) is 10. The van der Waals surface area contributed by atoms with Gasteiger partial charge in [0.1, 0.15) is 31.0 Å². The minimum atomic E-state index is -1.61. The van der Waals surface area contributed by atoms with Crippen LogP contribution >= 0.6 is 0 Å². The Morgan fingerprint density at radius 3 is 1.85 bits per heavy atom. The Labute approximate surface area is 313 Å². The van der Waals surface area contributed by atoms with Crippen molar-refractivity contribution in [3.63, 3.8) is 0 Å². The number of unbranched alkanes of at least 4 members (excludes halogenated alkanes) is 10. The third-order valence-corrected chi connectivity index (χ3v) is 8.43. The summed E-state index contributed by atoms with van der Waals surface area (Å²) in [5.74, 6) is -0.873. The summed E-state index contributed by atoms with van der Waals surface area (Å²) in [6, 6.07) is 0. The second-order valence-electron chi connectivity index (χ2n) is 13.1. The summed E-state index contributed by atoms with van der Waals surface area (Å²) in [6.07, 6.45) is 32.0. The maximum Gasteiger partial charge on any atom is 0.306 e. The summed E-state index contributed by atoms with van der Waals surface area (Å²) < 4.78 is 22.0. The molecule has 0 bridgehead atoms. The van der Waals surface area contributed by atoms with Crippen LogP contribution in [0, 0.1) is 0 Å². The fraction of sp³-hybridized carbons (Fsp3) is 0.667. The van der Waals surface area contributed by atoms with Gasteiger partial charge in [0, 0.05) is 12.8 Å². The third-order valence-electron chi connectivity index (χ3n) is 8.43. The van der Waals surface area contributed by atoms with Gasteiger partial charge in [-0.05, 0) is 57.8 Å². The van der Waals surface area contributed by atoms with Crippen LogP contribution in [0.4, 0.5) is 0 Å². The molecule has 4 N–H and O–H groups in total. The fourth-order valence-corrected chi connectivity index (χ4v) is 5.35. The molecule has 1 fully saturated rings. The summed E-state index contributed by atoms with van der Waals surface area (Å²) in [6.45, 7) is 3.09. The number of hydrogen-bond donors (Lipinski definition) is 4. The molecule has 3 unspecified atom stereocenters. The Morgan fingerprint density at radius 1 is 0.615 bits per heavy atom. The predicted octanol–water partition coefficient (Wildman–Crippen LogP) is 7.27. The van der Waals surface area contributed by atoms with Gasteiger partial charge in [-0.3, -0.25) is 9.59 Å². The first kappa shape index (κ1) is 47.2. The monoisotopic (exact) mass is 732 g/mol. The molecule has 10 nitrogen and oxygen atoms in total. The molecule has 0 radical (unpaired) electrons. The Hall–Kier alpha value is -2.86. The zero-order valence-corrected chi connectivity index (χ0v) is 31.8. The highest BCUT2D eigenvalue weighted by Crippen LogP contribution is 2.22. The van der Waals surface area contributed by atoms with Crippen molar-refractivity contribution in [2.45, 2.75) is 160 Å². The summed E-state index contributed by atoms with van der Waals surface area (Å²) in [7, 11) is 0. The molecule has 0 aromatic carbocycles. The molecule has 0 aromatic rings. The largest absolute Gasteiger partial charge is 0.462 e. The predicted molar refractivity (Wildman–Crippen MR) is 205 cm³/mol. The zero-order chi connectivity index (χ0) is 38.1. The number of rotatable bonds is 30. The lowest BCUT2D eigenvalue weighted by Gasteiger charge is -2.39. The van der Waals surface area contributed by atoms with Gasteiger partial charge in [0.25, 0.3) is 0 Å². The van der Waals surface area contributed by atoms with Gasteiger partial charge in [-0.25, -0.2) is 0 Å². The standard InChI is InChI=1S/C42H68O10/c1-3-5-7-9-11-13-15-17-19-20-22-24-26-28-30-37(44)49-33-35(34-50-42-41(48)40(47)39(46)36(32-43)52-42)51-38(45)31-29-27-25-23-21-18-16-14-12-10-8-6-4-2/h5-8,10-14,16,18,21,35-36,39-43,46-48H,3-4,9,15,17,19-20,22-34H2,1-2H3/b7-5+,8-6+,12-10+,13-11+,16-14+,21-18+/t35?,36-,39+,40?,41?,42-/m0/s1. The minimum Gasteiger partial charge on any atom is -0.462 e. The van der Waals surface area contributed by atoms with E-state index in [9.17, 15) is 30.0 Å². The zero-order valence-electron chi connectivity index (χ0n) is 31.8. The first-order valence-corrected chi connectivity index (χ1v) is 19.6. The lowest BCUT2D eigenvalue weighted by Crippen LogP contribution is -2.59. The van der Waals surface area contributed by atoms with E-state index in [0.29, 0.717) is 12.8 Å². The molecular formula is C42H68O10.